The second-order valence-electron chi connectivity index (χ2n) is 8.12. The molecule has 2 aliphatic heterocycles. The van der Waals surface area contributed by atoms with Crippen LogP contribution < -0.4 is 15.0 Å². The molecule has 2 aliphatic rings. The number of amides is 3. The molecule has 4 rings (SSSR count). The summed E-state index contributed by atoms with van der Waals surface area (Å²) in [6, 6.07) is 15.6. The van der Waals surface area contributed by atoms with Gasteiger partial charge in [-0.15, -0.1) is 0 Å². The van der Waals surface area contributed by atoms with Crippen molar-refractivity contribution in [1.29, 1.82) is 0 Å². The third-order valence-electron chi connectivity index (χ3n) is 6.01. The second-order valence-corrected chi connectivity index (χ2v) is 9.03. The Balaban J connectivity index is 1.33. The first-order chi connectivity index (χ1) is 15.0. The highest BCUT2D eigenvalue weighted by Gasteiger charge is 2.34. The fourth-order valence-electron chi connectivity index (χ4n) is 4.18. The molecule has 6 nitrogen and oxygen atoms in total. The van der Waals surface area contributed by atoms with Crippen molar-refractivity contribution in [3.63, 3.8) is 0 Å². The predicted molar refractivity (Wildman–Crippen MR) is 124 cm³/mol. The number of ether oxygens (including phenoxy) is 1. The molecule has 0 aliphatic carbocycles. The van der Waals surface area contributed by atoms with Gasteiger partial charge in [-0.05, 0) is 49.1 Å². The van der Waals surface area contributed by atoms with Gasteiger partial charge in [0, 0.05) is 30.0 Å². The maximum atomic E-state index is 13.3. The number of carbonyl (C=O) groups is 2. The molecule has 0 saturated carbocycles. The Morgan fingerprint density at radius 3 is 2.65 bits per heavy atom. The number of anilines is 1. The van der Waals surface area contributed by atoms with E-state index in [-0.39, 0.29) is 24.0 Å². The highest BCUT2D eigenvalue weighted by Crippen LogP contribution is 2.35. The Labute approximate surface area is 191 Å². The van der Waals surface area contributed by atoms with Crippen LogP contribution in [0.1, 0.15) is 31.7 Å². The molecule has 1 atom stereocenters. The largest absolute Gasteiger partial charge is 0.486 e. The van der Waals surface area contributed by atoms with E-state index in [0.29, 0.717) is 39.0 Å². The summed E-state index contributed by atoms with van der Waals surface area (Å²) in [6.45, 7) is 4.31. The molecule has 0 bridgehead atoms. The Kier molecular flexibility index (Phi) is 6.80. The number of hydrogen-bond acceptors (Lipinski definition) is 3. The molecule has 1 N–H and O–H groups in total. The van der Waals surface area contributed by atoms with Crippen molar-refractivity contribution in [2.24, 2.45) is 5.92 Å². The first kappa shape index (κ1) is 21.7. The van der Waals surface area contributed by atoms with Crippen LogP contribution in [-0.2, 0) is 11.3 Å². The fraction of sp³-hybridized carbons (Fsp3) is 0.417. The molecule has 31 heavy (non-hydrogen) atoms. The molecule has 0 radical (unpaired) electrons. The van der Waals surface area contributed by atoms with E-state index in [4.69, 9.17) is 4.74 Å². The van der Waals surface area contributed by atoms with Crippen LogP contribution >= 0.6 is 15.9 Å². The molecule has 164 valence electrons. The number of para-hydroxylation sites is 2. The maximum Gasteiger partial charge on any atom is 0.324 e. The summed E-state index contributed by atoms with van der Waals surface area (Å²) >= 11 is 3.46. The summed E-state index contributed by atoms with van der Waals surface area (Å²) in [5.41, 5.74) is 1.89. The number of rotatable bonds is 4. The Morgan fingerprint density at radius 2 is 1.90 bits per heavy atom. The van der Waals surface area contributed by atoms with Crippen molar-refractivity contribution in [2.75, 3.05) is 24.5 Å². The van der Waals surface area contributed by atoms with Crippen LogP contribution in [-0.4, -0.2) is 42.6 Å². The van der Waals surface area contributed by atoms with E-state index in [1.807, 2.05) is 58.3 Å². The topological polar surface area (TPSA) is 61.9 Å². The van der Waals surface area contributed by atoms with E-state index < -0.39 is 0 Å². The minimum atomic E-state index is -0.0587. The van der Waals surface area contributed by atoms with E-state index in [9.17, 15) is 9.59 Å². The minimum absolute atomic E-state index is 0.000176. The van der Waals surface area contributed by atoms with E-state index in [2.05, 4.69) is 28.2 Å². The van der Waals surface area contributed by atoms with Gasteiger partial charge < -0.3 is 15.0 Å². The smallest absolute Gasteiger partial charge is 0.324 e. The van der Waals surface area contributed by atoms with Crippen LogP contribution in [0, 0.1) is 5.92 Å². The molecular formula is C24H28BrN3O3. The number of likely N-dealkylation sites (tertiary alicyclic amines) is 1. The van der Waals surface area contributed by atoms with Gasteiger partial charge in [0.2, 0.25) is 5.91 Å². The van der Waals surface area contributed by atoms with Gasteiger partial charge in [-0.3, -0.25) is 9.69 Å². The quantitative estimate of drug-likeness (QED) is 0.689. The van der Waals surface area contributed by atoms with Crippen molar-refractivity contribution in [2.45, 2.75) is 38.8 Å². The molecule has 2 heterocycles. The molecule has 1 fully saturated rings. The van der Waals surface area contributed by atoms with Crippen molar-refractivity contribution in [3.8, 4) is 5.75 Å². The lowest BCUT2D eigenvalue weighted by molar-refractivity contribution is -0.126. The van der Waals surface area contributed by atoms with Crippen molar-refractivity contribution in [3.05, 3.63) is 58.6 Å². The zero-order chi connectivity index (χ0) is 21.8. The highest BCUT2D eigenvalue weighted by atomic mass is 79.9. The van der Waals surface area contributed by atoms with Gasteiger partial charge in [-0.2, -0.15) is 0 Å². The van der Waals surface area contributed by atoms with Crippen LogP contribution in [0.4, 0.5) is 10.5 Å². The SMILES string of the molecule is CC[C@H]1CN(C(=O)N2CCC(C(=O)NCc3cccc(Br)c3)CC2)c2ccccc2O1. The number of hydrogen-bond donors (Lipinski definition) is 1. The summed E-state index contributed by atoms with van der Waals surface area (Å²) in [4.78, 5) is 29.6. The monoisotopic (exact) mass is 485 g/mol. The Morgan fingerprint density at radius 1 is 1.13 bits per heavy atom. The molecule has 2 aromatic carbocycles. The third-order valence-corrected chi connectivity index (χ3v) is 6.51. The lowest BCUT2D eigenvalue weighted by Crippen LogP contribution is -2.52. The van der Waals surface area contributed by atoms with Gasteiger partial charge in [0.1, 0.15) is 11.9 Å². The lowest BCUT2D eigenvalue weighted by Gasteiger charge is -2.39. The summed E-state index contributed by atoms with van der Waals surface area (Å²) in [6.07, 6.45) is 2.21. The average molecular weight is 486 g/mol. The average Bonchev–Trinajstić information content (AvgIpc) is 2.81. The number of piperidine rings is 1. The summed E-state index contributed by atoms with van der Waals surface area (Å²) < 4.78 is 7.00. The summed E-state index contributed by atoms with van der Waals surface area (Å²) in [5.74, 6) is 0.766. The summed E-state index contributed by atoms with van der Waals surface area (Å²) in [5, 5.41) is 3.04. The molecule has 7 heteroatoms. The third kappa shape index (κ3) is 5.03. The molecule has 1 saturated heterocycles. The molecule has 3 amide bonds. The highest BCUT2D eigenvalue weighted by molar-refractivity contribution is 9.10. The van der Waals surface area contributed by atoms with Crippen LogP contribution in [0.25, 0.3) is 0 Å². The van der Waals surface area contributed by atoms with Gasteiger partial charge in [0.05, 0.1) is 12.2 Å². The van der Waals surface area contributed by atoms with E-state index in [1.54, 1.807) is 0 Å². The normalized spacial score (nSPS) is 18.8. The lowest BCUT2D eigenvalue weighted by atomic mass is 9.96. The summed E-state index contributed by atoms with van der Waals surface area (Å²) in [7, 11) is 0. The zero-order valence-electron chi connectivity index (χ0n) is 17.7. The van der Waals surface area contributed by atoms with Crippen LogP contribution in [0.5, 0.6) is 5.75 Å². The van der Waals surface area contributed by atoms with E-state index >= 15 is 0 Å². The Hall–Kier alpha value is -2.54. The number of benzene rings is 2. The van der Waals surface area contributed by atoms with Crippen molar-refractivity contribution < 1.29 is 14.3 Å². The van der Waals surface area contributed by atoms with Crippen molar-refractivity contribution in [1.82, 2.24) is 10.2 Å². The second kappa shape index (κ2) is 9.73. The van der Waals surface area contributed by atoms with E-state index in [0.717, 1.165) is 27.9 Å². The van der Waals surface area contributed by atoms with Gasteiger partial charge in [-0.1, -0.05) is 47.1 Å². The Bertz CT molecular complexity index is 943. The standard InChI is InChI=1S/C24H28BrN3O3/c1-2-20-16-28(21-8-3-4-9-22(21)31-20)24(30)27-12-10-18(11-13-27)23(29)26-15-17-6-5-7-19(25)14-17/h3-9,14,18,20H,2,10-13,15-16H2,1H3,(H,26,29)/t20-/m0/s1. The van der Waals surface area contributed by atoms with Crippen LogP contribution in [0.2, 0.25) is 0 Å². The van der Waals surface area contributed by atoms with Gasteiger partial charge in [-0.25, -0.2) is 4.79 Å². The van der Waals surface area contributed by atoms with Crippen LogP contribution in [0.15, 0.2) is 53.0 Å². The molecular weight excluding hydrogens is 458 g/mol. The van der Waals surface area contributed by atoms with Gasteiger partial charge in [0.15, 0.2) is 0 Å². The number of halogens is 1. The number of nitrogens with zero attached hydrogens (tertiary/aromatic N) is 2. The predicted octanol–water partition coefficient (Wildman–Crippen LogP) is 4.57. The molecule has 0 spiro atoms. The van der Waals surface area contributed by atoms with E-state index in [1.165, 1.54) is 0 Å². The minimum Gasteiger partial charge on any atom is -0.486 e. The van der Waals surface area contributed by atoms with Gasteiger partial charge in [0.25, 0.3) is 0 Å². The van der Waals surface area contributed by atoms with Gasteiger partial charge >= 0.3 is 6.03 Å². The maximum absolute atomic E-state index is 13.3. The number of urea groups is 1. The molecule has 0 unspecified atom stereocenters. The zero-order valence-corrected chi connectivity index (χ0v) is 19.3. The van der Waals surface area contributed by atoms with Crippen molar-refractivity contribution >= 4 is 33.6 Å². The number of carbonyl (C=O) groups excluding carboxylic acids is 2. The molecule has 0 aromatic heterocycles. The first-order valence-corrected chi connectivity index (χ1v) is 11.7. The number of fused-ring (bicyclic) bond motifs is 1. The fourth-order valence-corrected chi connectivity index (χ4v) is 4.62. The first-order valence-electron chi connectivity index (χ1n) is 10.9. The molecule has 2 aromatic rings. The number of nitrogens with one attached hydrogen (secondary N) is 1. The van der Waals surface area contributed by atoms with Crippen LogP contribution in [0.3, 0.4) is 0 Å².